The number of rotatable bonds is 6. The quantitative estimate of drug-likeness (QED) is 0.364. The maximum absolute atomic E-state index is 13.7. The van der Waals surface area contributed by atoms with Gasteiger partial charge >= 0.3 is 0 Å². The Labute approximate surface area is 226 Å². The van der Waals surface area contributed by atoms with Crippen LogP contribution in [0.2, 0.25) is 0 Å². The highest BCUT2D eigenvalue weighted by atomic mass is 19.1. The van der Waals surface area contributed by atoms with Crippen molar-refractivity contribution in [3.63, 3.8) is 0 Å². The number of H-pyrrole nitrogens is 1. The third-order valence-electron chi connectivity index (χ3n) is 8.07. The maximum atomic E-state index is 13.7. The number of carbonyl (C=O) groups excluding carboxylic acids is 1. The molecule has 0 unspecified atom stereocenters. The lowest BCUT2D eigenvalue weighted by atomic mass is 9.84. The first-order chi connectivity index (χ1) is 18.9. The van der Waals surface area contributed by atoms with Gasteiger partial charge in [0.2, 0.25) is 0 Å². The van der Waals surface area contributed by atoms with Crippen molar-refractivity contribution in [2.75, 3.05) is 19.8 Å². The fourth-order valence-corrected chi connectivity index (χ4v) is 5.73. The number of hydrogen-bond donors (Lipinski definition) is 1. The molecule has 6 rings (SSSR count). The maximum Gasteiger partial charge on any atom is 0.274 e. The second-order valence-electron chi connectivity index (χ2n) is 11.2. The van der Waals surface area contributed by atoms with E-state index in [2.05, 4.69) is 32.2 Å². The summed E-state index contributed by atoms with van der Waals surface area (Å²) in [5.74, 6) is 0.526. The molecule has 202 valence electrons. The lowest BCUT2D eigenvalue weighted by Crippen LogP contribution is -2.50. The van der Waals surface area contributed by atoms with Gasteiger partial charge in [-0.2, -0.15) is 9.61 Å². The highest BCUT2D eigenvalue weighted by Gasteiger charge is 2.35. The van der Waals surface area contributed by atoms with Gasteiger partial charge in [-0.1, -0.05) is 57.4 Å². The number of aromatic nitrogens is 5. The van der Waals surface area contributed by atoms with Crippen molar-refractivity contribution in [1.82, 2.24) is 29.5 Å². The molecule has 1 N–H and O–H groups in total. The third kappa shape index (κ3) is 4.75. The first-order valence-electron chi connectivity index (χ1n) is 13.9. The minimum absolute atomic E-state index is 0.147. The Morgan fingerprint density at radius 3 is 2.54 bits per heavy atom. The summed E-state index contributed by atoms with van der Waals surface area (Å²) in [4.78, 5) is 41.0. The summed E-state index contributed by atoms with van der Waals surface area (Å²) in [6.45, 7) is 4.22. The van der Waals surface area contributed by atoms with Gasteiger partial charge in [0.05, 0.1) is 12.4 Å². The van der Waals surface area contributed by atoms with E-state index in [1.807, 2.05) is 32.0 Å². The van der Waals surface area contributed by atoms with Crippen molar-refractivity contribution in [3.8, 4) is 22.8 Å². The molecule has 0 atom stereocenters. The summed E-state index contributed by atoms with van der Waals surface area (Å²) < 4.78 is 14.4. The molecule has 1 aliphatic carbocycles. The standard InChI is InChI=1S/C30H33FN6O2/c1-18(2)23-12-13-32-28(33-23)27-26(30(39)36-16-19(15-31)17-36)29-34-24(14-25(38)37(29)35-27)22-10-8-21(9-11-22)20-6-4-3-5-7-20/h8-14,18-20,34H,3-7,15-17H2,1-2H3. The zero-order chi connectivity index (χ0) is 27.1. The molecule has 1 amide bonds. The second kappa shape index (κ2) is 10.4. The number of aromatic amines is 1. The Hall–Kier alpha value is -3.88. The van der Waals surface area contributed by atoms with Crippen LogP contribution in [0.1, 0.15) is 79.4 Å². The van der Waals surface area contributed by atoms with Gasteiger partial charge in [-0.15, -0.1) is 0 Å². The number of hydrogen-bond acceptors (Lipinski definition) is 5. The van der Waals surface area contributed by atoms with Crippen LogP contribution in [0.5, 0.6) is 0 Å². The second-order valence-corrected chi connectivity index (χ2v) is 11.2. The smallest absolute Gasteiger partial charge is 0.274 e. The number of nitrogens with one attached hydrogen (secondary N) is 1. The van der Waals surface area contributed by atoms with Crippen LogP contribution < -0.4 is 5.56 Å². The average Bonchev–Trinajstić information content (AvgIpc) is 3.33. The molecular formula is C30H33FN6O2. The number of fused-ring (bicyclic) bond motifs is 1. The number of likely N-dealkylation sites (tertiary alicyclic amines) is 1. The molecule has 39 heavy (non-hydrogen) atoms. The van der Waals surface area contributed by atoms with Crippen LogP contribution in [0.3, 0.4) is 0 Å². The molecule has 9 heteroatoms. The molecule has 1 aromatic carbocycles. The molecule has 4 heterocycles. The summed E-state index contributed by atoms with van der Waals surface area (Å²) in [6, 6.07) is 11.7. The number of benzene rings is 1. The van der Waals surface area contributed by atoms with Crippen LogP contribution >= 0.6 is 0 Å². The predicted octanol–water partition coefficient (Wildman–Crippen LogP) is 5.36. The van der Waals surface area contributed by atoms with Crippen molar-refractivity contribution in [2.24, 2.45) is 5.92 Å². The fraction of sp³-hybridized carbons (Fsp3) is 0.433. The monoisotopic (exact) mass is 528 g/mol. The Balaban J connectivity index is 1.45. The van der Waals surface area contributed by atoms with Gasteiger partial charge in [-0.05, 0) is 41.9 Å². The van der Waals surface area contributed by atoms with Gasteiger partial charge < -0.3 is 9.88 Å². The first kappa shape index (κ1) is 25.4. The molecule has 2 aliphatic rings. The molecule has 1 saturated heterocycles. The lowest BCUT2D eigenvalue weighted by molar-refractivity contribution is 0.0455. The zero-order valence-electron chi connectivity index (χ0n) is 22.4. The molecule has 1 aliphatic heterocycles. The molecule has 0 radical (unpaired) electrons. The number of carbonyl (C=O) groups is 1. The Kier molecular flexibility index (Phi) is 6.74. The number of halogens is 1. The molecule has 0 spiro atoms. The topological polar surface area (TPSA) is 96.2 Å². The molecule has 3 aromatic heterocycles. The molecule has 8 nitrogen and oxygen atoms in total. The van der Waals surface area contributed by atoms with Crippen LogP contribution in [0, 0.1) is 5.92 Å². The van der Waals surface area contributed by atoms with Crippen molar-refractivity contribution in [3.05, 3.63) is 69.8 Å². The summed E-state index contributed by atoms with van der Waals surface area (Å²) in [5.41, 5.74) is 3.99. The third-order valence-corrected chi connectivity index (χ3v) is 8.07. The van der Waals surface area contributed by atoms with E-state index in [9.17, 15) is 14.0 Å². The van der Waals surface area contributed by atoms with Crippen LogP contribution in [0.15, 0.2) is 47.4 Å². The van der Waals surface area contributed by atoms with E-state index in [1.54, 1.807) is 11.1 Å². The van der Waals surface area contributed by atoms with Gasteiger partial charge in [0.25, 0.3) is 11.5 Å². The highest BCUT2D eigenvalue weighted by Crippen LogP contribution is 2.34. The van der Waals surface area contributed by atoms with Crippen LogP contribution in [-0.2, 0) is 0 Å². The predicted molar refractivity (Wildman–Crippen MR) is 148 cm³/mol. The van der Waals surface area contributed by atoms with Crippen molar-refractivity contribution in [2.45, 2.75) is 57.8 Å². The normalized spacial score (nSPS) is 16.7. The van der Waals surface area contributed by atoms with Crippen LogP contribution in [0.25, 0.3) is 28.4 Å². The van der Waals surface area contributed by atoms with Gasteiger partial charge in [-0.25, -0.2) is 9.97 Å². The summed E-state index contributed by atoms with van der Waals surface area (Å²) in [7, 11) is 0. The van der Waals surface area contributed by atoms with Gasteiger partial charge in [-0.3, -0.25) is 14.0 Å². The van der Waals surface area contributed by atoms with Crippen LogP contribution in [0.4, 0.5) is 4.39 Å². The van der Waals surface area contributed by atoms with E-state index >= 15 is 0 Å². The van der Waals surface area contributed by atoms with Gasteiger partial charge in [0.15, 0.2) is 11.5 Å². The largest absolute Gasteiger partial charge is 0.339 e. The van der Waals surface area contributed by atoms with E-state index in [0.717, 1.165) is 11.3 Å². The number of alkyl halides is 1. The van der Waals surface area contributed by atoms with Crippen LogP contribution in [-0.4, -0.2) is 55.1 Å². The van der Waals surface area contributed by atoms with E-state index in [-0.39, 0.29) is 46.0 Å². The molecule has 0 bridgehead atoms. The SMILES string of the molecule is CC(C)c1ccnc(-c2nn3c(=O)cc(-c4ccc(C5CCCCC5)cc4)[nH]c3c2C(=O)N2CC(CF)C2)n1. The van der Waals surface area contributed by atoms with Gasteiger partial charge in [0, 0.05) is 37.0 Å². The Bertz CT molecular complexity index is 1560. The molecule has 1 saturated carbocycles. The summed E-state index contributed by atoms with van der Waals surface area (Å²) in [6.07, 6.45) is 7.91. The minimum Gasteiger partial charge on any atom is -0.339 e. The summed E-state index contributed by atoms with van der Waals surface area (Å²) in [5, 5.41) is 4.52. The molecular weight excluding hydrogens is 495 g/mol. The van der Waals surface area contributed by atoms with Crippen molar-refractivity contribution in [1.29, 1.82) is 0 Å². The Morgan fingerprint density at radius 1 is 1.10 bits per heavy atom. The van der Waals surface area contributed by atoms with E-state index < -0.39 is 6.67 Å². The van der Waals surface area contributed by atoms with E-state index in [4.69, 9.17) is 0 Å². The van der Waals surface area contributed by atoms with Gasteiger partial charge in [0.1, 0.15) is 11.3 Å². The fourth-order valence-electron chi connectivity index (χ4n) is 5.73. The Morgan fingerprint density at radius 2 is 1.85 bits per heavy atom. The van der Waals surface area contributed by atoms with E-state index in [1.165, 1.54) is 48.2 Å². The highest BCUT2D eigenvalue weighted by molar-refractivity contribution is 6.05. The first-order valence-corrected chi connectivity index (χ1v) is 13.9. The zero-order valence-corrected chi connectivity index (χ0v) is 22.4. The van der Waals surface area contributed by atoms with Crippen molar-refractivity contribution >= 4 is 11.6 Å². The molecule has 2 fully saturated rings. The summed E-state index contributed by atoms with van der Waals surface area (Å²) >= 11 is 0. The van der Waals surface area contributed by atoms with Crippen molar-refractivity contribution < 1.29 is 9.18 Å². The number of amides is 1. The average molecular weight is 529 g/mol. The minimum atomic E-state index is -0.469. The lowest BCUT2D eigenvalue weighted by Gasteiger charge is -2.37. The number of nitrogens with zero attached hydrogens (tertiary/aromatic N) is 5. The molecule has 4 aromatic rings. The van der Waals surface area contributed by atoms with E-state index in [0.29, 0.717) is 24.7 Å².